The Morgan fingerprint density at radius 2 is 1.20 bits per heavy atom. The monoisotopic (exact) mass is 363 g/mol. The number of alkyl halides is 3. The smallest absolute Gasteiger partial charge is 0.741 e. The summed E-state index contributed by atoms with van der Waals surface area (Å²) < 4.78 is 58.9. The van der Waals surface area contributed by atoms with E-state index in [-0.39, 0.29) is 44.8 Å². The molecule has 0 aromatic carbocycles. The molecule has 0 aromatic heterocycles. The maximum Gasteiger partial charge on any atom is 1.00 e. The molecular formula is CAg2F3O3S+. The molecule has 70 valence electrons. The van der Waals surface area contributed by atoms with Gasteiger partial charge in [-0.25, -0.2) is 8.42 Å². The van der Waals surface area contributed by atoms with E-state index >= 15 is 0 Å². The second-order valence-corrected chi connectivity index (χ2v) is 2.27. The summed E-state index contributed by atoms with van der Waals surface area (Å²) in [7, 11) is -6.09. The van der Waals surface area contributed by atoms with Crippen LogP contribution in [0.25, 0.3) is 0 Å². The Morgan fingerprint density at radius 3 is 1.20 bits per heavy atom. The zero-order valence-electron chi connectivity index (χ0n) is 3.87. The van der Waals surface area contributed by atoms with Gasteiger partial charge in [-0.2, -0.15) is 13.2 Å². The van der Waals surface area contributed by atoms with Crippen LogP contribution >= 0.6 is 0 Å². The van der Waals surface area contributed by atoms with Crippen molar-refractivity contribution in [1.82, 2.24) is 0 Å². The van der Waals surface area contributed by atoms with Gasteiger partial charge >= 0.3 is 50.3 Å². The first-order valence-electron chi connectivity index (χ1n) is 1.27. The van der Waals surface area contributed by atoms with E-state index in [4.69, 9.17) is 13.0 Å². The fourth-order valence-corrected chi connectivity index (χ4v) is 0. The number of hydrogen-bond donors (Lipinski definition) is 0. The van der Waals surface area contributed by atoms with Crippen molar-refractivity contribution in [2.45, 2.75) is 5.51 Å². The van der Waals surface area contributed by atoms with Gasteiger partial charge in [0.05, 0.1) is 0 Å². The van der Waals surface area contributed by atoms with Gasteiger partial charge in [0.25, 0.3) is 0 Å². The average Bonchev–Trinajstić information content (AvgIpc) is 1.25. The quantitative estimate of drug-likeness (QED) is 0.346. The summed E-state index contributed by atoms with van der Waals surface area (Å²) in [5.74, 6) is 0. The fraction of sp³-hybridized carbons (Fsp3) is 1.00. The van der Waals surface area contributed by atoms with Gasteiger partial charge in [0.2, 0.25) is 0 Å². The van der Waals surface area contributed by atoms with Crippen LogP contribution in [0.4, 0.5) is 13.2 Å². The van der Waals surface area contributed by atoms with E-state index in [2.05, 4.69) is 0 Å². The summed E-state index contributed by atoms with van der Waals surface area (Å²) in [6, 6.07) is 0. The van der Waals surface area contributed by atoms with E-state index in [1.807, 2.05) is 0 Å². The molecule has 0 rings (SSSR count). The van der Waals surface area contributed by atoms with Crippen LogP contribution in [0.3, 0.4) is 0 Å². The fourth-order valence-electron chi connectivity index (χ4n) is 0. The van der Waals surface area contributed by atoms with Crippen LogP contribution in [-0.2, 0) is 54.9 Å². The number of rotatable bonds is 0. The Bertz CT molecular complexity index is 171. The summed E-state index contributed by atoms with van der Waals surface area (Å²) in [4.78, 5) is 0. The van der Waals surface area contributed by atoms with Crippen LogP contribution in [0.2, 0.25) is 0 Å². The van der Waals surface area contributed by atoms with Gasteiger partial charge in [-0.3, -0.25) is 0 Å². The first kappa shape index (κ1) is 17.3. The van der Waals surface area contributed by atoms with Gasteiger partial charge in [-0.15, -0.1) is 0 Å². The minimum atomic E-state index is -6.09. The van der Waals surface area contributed by atoms with Gasteiger partial charge < -0.3 is 4.55 Å². The second kappa shape index (κ2) is 4.94. The molecule has 0 radical (unpaired) electrons. The predicted octanol–water partition coefficient (Wildman–Crippen LogP) is 0.0464. The Labute approximate surface area is 86.1 Å². The molecule has 0 amide bonds. The molecule has 0 unspecified atom stereocenters. The third kappa shape index (κ3) is 5.93. The molecule has 0 aliphatic heterocycles. The summed E-state index contributed by atoms with van der Waals surface area (Å²) in [5, 5.41) is 0. The molecule has 0 spiro atoms. The molecule has 0 aromatic rings. The van der Waals surface area contributed by atoms with E-state index < -0.39 is 15.6 Å². The van der Waals surface area contributed by atoms with Crippen LogP contribution in [0.15, 0.2) is 0 Å². The van der Waals surface area contributed by atoms with Crippen molar-refractivity contribution >= 4 is 10.1 Å². The normalized spacial score (nSPS) is 11.2. The van der Waals surface area contributed by atoms with E-state index in [9.17, 15) is 13.2 Å². The van der Waals surface area contributed by atoms with Crippen LogP contribution < -0.4 is 0 Å². The Kier molecular flexibility index (Phi) is 8.55. The third-order valence-electron chi connectivity index (χ3n) is 0.283. The number of hydrogen-bond acceptors (Lipinski definition) is 3. The Hall–Kier alpha value is 1.18. The standard InChI is InChI=1S/CHF3O3S.2Ag/c2-1(3,4)8(5,6)7;;/h(H,5,6,7);;/q;2*+1/p-1. The largest absolute Gasteiger partial charge is 1.00 e. The van der Waals surface area contributed by atoms with E-state index in [1.54, 1.807) is 0 Å². The molecule has 0 bridgehead atoms. The number of halogens is 3. The van der Waals surface area contributed by atoms with Gasteiger partial charge in [0.1, 0.15) is 0 Å². The first-order valence-corrected chi connectivity index (χ1v) is 2.68. The van der Waals surface area contributed by atoms with Crippen molar-refractivity contribution < 1.29 is 70.9 Å². The zero-order chi connectivity index (χ0) is 7.00. The van der Waals surface area contributed by atoms with Crippen LogP contribution in [0.1, 0.15) is 0 Å². The molecule has 0 saturated carbocycles. The molecule has 0 saturated heterocycles. The van der Waals surface area contributed by atoms with Crippen molar-refractivity contribution in [3.8, 4) is 0 Å². The molecule has 0 fully saturated rings. The van der Waals surface area contributed by atoms with Gasteiger partial charge in [-0.1, -0.05) is 0 Å². The molecular weight excluding hydrogens is 365 g/mol. The predicted molar refractivity (Wildman–Crippen MR) is 15.8 cm³/mol. The van der Waals surface area contributed by atoms with Gasteiger partial charge in [0, 0.05) is 0 Å². The minimum Gasteiger partial charge on any atom is -0.741 e. The minimum absolute atomic E-state index is 0. The topological polar surface area (TPSA) is 57.2 Å². The SMILES string of the molecule is O=S(=O)([O-])C(F)(F)F.[Ag+].[Ag+]. The van der Waals surface area contributed by atoms with Crippen molar-refractivity contribution in [3.63, 3.8) is 0 Å². The maximum atomic E-state index is 10.7. The van der Waals surface area contributed by atoms with Crippen molar-refractivity contribution in [2.75, 3.05) is 0 Å². The summed E-state index contributed by atoms with van der Waals surface area (Å²) >= 11 is 0. The first-order chi connectivity index (χ1) is 3.25. The van der Waals surface area contributed by atoms with Crippen LogP contribution in [0.5, 0.6) is 0 Å². The Morgan fingerprint density at radius 1 is 1.10 bits per heavy atom. The molecule has 0 aliphatic rings. The van der Waals surface area contributed by atoms with E-state index in [0.717, 1.165) is 0 Å². The summed E-state index contributed by atoms with van der Waals surface area (Å²) in [6.07, 6.45) is 0. The zero-order valence-corrected chi connectivity index (χ0v) is 7.65. The molecule has 0 atom stereocenters. The molecule has 10 heavy (non-hydrogen) atoms. The van der Waals surface area contributed by atoms with Crippen molar-refractivity contribution in [2.24, 2.45) is 0 Å². The molecule has 0 N–H and O–H groups in total. The molecule has 3 nitrogen and oxygen atoms in total. The summed E-state index contributed by atoms with van der Waals surface area (Å²) in [5.41, 5.74) is -5.65. The van der Waals surface area contributed by atoms with Crippen LogP contribution in [-0.4, -0.2) is 18.5 Å². The van der Waals surface area contributed by atoms with Crippen molar-refractivity contribution in [3.05, 3.63) is 0 Å². The average molecular weight is 365 g/mol. The van der Waals surface area contributed by atoms with Gasteiger partial charge in [-0.05, 0) is 0 Å². The van der Waals surface area contributed by atoms with Gasteiger partial charge in [0.15, 0.2) is 10.1 Å². The molecule has 9 heteroatoms. The Balaban J connectivity index is -0.000000245. The third-order valence-corrected chi connectivity index (χ3v) is 0.850. The van der Waals surface area contributed by atoms with Crippen LogP contribution in [0, 0.1) is 0 Å². The maximum absolute atomic E-state index is 10.7. The van der Waals surface area contributed by atoms with E-state index in [0.29, 0.717) is 0 Å². The molecule has 0 aliphatic carbocycles. The molecule has 0 heterocycles. The summed E-state index contributed by atoms with van der Waals surface area (Å²) in [6.45, 7) is 0. The van der Waals surface area contributed by atoms with Crippen molar-refractivity contribution in [1.29, 1.82) is 0 Å². The second-order valence-electron chi connectivity index (χ2n) is 0.900. The van der Waals surface area contributed by atoms with E-state index in [1.165, 1.54) is 0 Å².